The van der Waals surface area contributed by atoms with E-state index in [-0.39, 0.29) is 0 Å². The van der Waals surface area contributed by atoms with E-state index in [0.717, 1.165) is 17.7 Å². The predicted octanol–water partition coefficient (Wildman–Crippen LogP) is 1.46. The van der Waals surface area contributed by atoms with Crippen LogP contribution < -0.4 is 5.73 Å². The summed E-state index contributed by atoms with van der Waals surface area (Å²) >= 11 is 0. The van der Waals surface area contributed by atoms with Gasteiger partial charge in [-0.2, -0.15) is 0 Å². The van der Waals surface area contributed by atoms with E-state index in [4.69, 9.17) is 5.73 Å². The van der Waals surface area contributed by atoms with Crippen LogP contribution in [-0.4, -0.2) is 9.97 Å². The molecule has 72 valence electrons. The number of aromatic nitrogens is 2. The minimum atomic E-state index is 0.600. The molecule has 2 rings (SSSR count). The number of hydrogen-bond acceptors (Lipinski definition) is 2. The van der Waals surface area contributed by atoms with Crippen LogP contribution in [0.4, 0.5) is 0 Å². The first kappa shape index (κ1) is 8.97. The second kappa shape index (κ2) is 4.07. The molecule has 0 unspecified atom stereocenters. The van der Waals surface area contributed by atoms with E-state index < -0.39 is 0 Å². The molecule has 1 aromatic heterocycles. The van der Waals surface area contributed by atoms with Gasteiger partial charge in [0.05, 0.1) is 12.0 Å². The van der Waals surface area contributed by atoms with E-state index in [1.165, 1.54) is 5.56 Å². The van der Waals surface area contributed by atoms with Crippen molar-refractivity contribution in [2.45, 2.75) is 13.0 Å². The molecule has 0 saturated heterocycles. The van der Waals surface area contributed by atoms with Gasteiger partial charge in [-0.1, -0.05) is 24.3 Å². The van der Waals surface area contributed by atoms with Crippen LogP contribution >= 0.6 is 0 Å². The summed E-state index contributed by atoms with van der Waals surface area (Å²) in [4.78, 5) is 7.12. The van der Waals surface area contributed by atoms with Gasteiger partial charge >= 0.3 is 0 Å². The topological polar surface area (TPSA) is 54.7 Å². The van der Waals surface area contributed by atoms with Crippen LogP contribution in [0.15, 0.2) is 36.8 Å². The summed E-state index contributed by atoms with van der Waals surface area (Å²) in [5.74, 6) is 0. The number of nitrogens with zero attached hydrogens (tertiary/aromatic N) is 1. The number of hydrogen-bond donors (Lipinski definition) is 2. The highest BCUT2D eigenvalue weighted by Gasteiger charge is 1.97. The van der Waals surface area contributed by atoms with E-state index in [1.54, 1.807) is 6.33 Å². The van der Waals surface area contributed by atoms with Crippen LogP contribution in [0, 0.1) is 0 Å². The third kappa shape index (κ3) is 2.00. The van der Waals surface area contributed by atoms with Crippen molar-refractivity contribution in [1.82, 2.24) is 9.97 Å². The molecule has 0 aliphatic carbocycles. The third-order valence-electron chi connectivity index (χ3n) is 2.20. The molecule has 3 nitrogen and oxygen atoms in total. The standard InChI is InChI=1S/C11H13N3/c12-6-10-3-1-9(2-4-10)5-11-7-13-8-14-11/h1-4,7-8H,5-6,12H2,(H,13,14). The van der Waals surface area contributed by atoms with Crippen LogP contribution in [0.2, 0.25) is 0 Å². The summed E-state index contributed by atoms with van der Waals surface area (Å²) in [5.41, 5.74) is 9.00. The van der Waals surface area contributed by atoms with Crippen LogP contribution in [0.5, 0.6) is 0 Å². The zero-order chi connectivity index (χ0) is 9.80. The minimum absolute atomic E-state index is 0.600. The summed E-state index contributed by atoms with van der Waals surface area (Å²) < 4.78 is 0. The van der Waals surface area contributed by atoms with Crippen molar-refractivity contribution in [3.63, 3.8) is 0 Å². The van der Waals surface area contributed by atoms with Crippen molar-refractivity contribution in [3.05, 3.63) is 53.6 Å². The molecule has 14 heavy (non-hydrogen) atoms. The zero-order valence-electron chi connectivity index (χ0n) is 7.90. The highest BCUT2D eigenvalue weighted by Crippen LogP contribution is 2.08. The fraction of sp³-hybridized carbons (Fsp3) is 0.182. The summed E-state index contributed by atoms with van der Waals surface area (Å²) in [6.07, 6.45) is 4.48. The molecule has 3 N–H and O–H groups in total. The predicted molar refractivity (Wildman–Crippen MR) is 55.7 cm³/mol. The van der Waals surface area contributed by atoms with Crippen LogP contribution in [0.3, 0.4) is 0 Å². The van der Waals surface area contributed by atoms with Gasteiger partial charge in [0.15, 0.2) is 0 Å². The SMILES string of the molecule is NCc1ccc(Cc2c[nH]cn2)cc1. The normalized spacial score (nSPS) is 10.4. The number of aromatic amines is 1. The number of nitrogens with two attached hydrogens (primary N) is 1. The van der Waals surface area contributed by atoms with Gasteiger partial charge in [0.25, 0.3) is 0 Å². The first-order valence-corrected chi connectivity index (χ1v) is 4.64. The highest BCUT2D eigenvalue weighted by atomic mass is 14.9. The molecule has 0 spiro atoms. The fourth-order valence-corrected chi connectivity index (χ4v) is 1.39. The largest absolute Gasteiger partial charge is 0.351 e. The van der Waals surface area contributed by atoms with Gasteiger partial charge in [0.1, 0.15) is 0 Å². The van der Waals surface area contributed by atoms with E-state index >= 15 is 0 Å². The maximum atomic E-state index is 5.52. The zero-order valence-corrected chi connectivity index (χ0v) is 7.90. The van der Waals surface area contributed by atoms with Gasteiger partial charge < -0.3 is 10.7 Å². The number of imidazole rings is 1. The highest BCUT2D eigenvalue weighted by molar-refractivity contribution is 5.25. The lowest BCUT2D eigenvalue weighted by Gasteiger charge is -2.00. The van der Waals surface area contributed by atoms with Crippen molar-refractivity contribution in [2.24, 2.45) is 5.73 Å². The number of nitrogens with one attached hydrogen (secondary N) is 1. The molecular formula is C11H13N3. The maximum Gasteiger partial charge on any atom is 0.0923 e. The molecule has 1 heterocycles. The average molecular weight is 187 g/mol. The third-order valence-corrected chi connectivity index (χ3v) is 2.20. The first-order chi connectivity index (χ1) is 6.88. The van der Waals surface area contributed by atoms with Gasteiger partial charge in [-0.3, -0.25) is 0 Å². The van der Waals surface area contributed by atoms with Crippen LogP contribution in [0.25, 0.3) is 0 Å². The summed E-state index contributed by atoms with van der Waals surface area (Å²) in [7, 11) is 0. The lowest BCUT2D eigenvalue weighted by molar-refractivity contribution is 1.05. The molecule has 3 heteroatoms. The van der Waals surface area contributed by atoms with Gasteiger partial charge in [-0.15, -0.1) is 0 Å². The molecule has 0 radical (unpaired) electrons. The summed E-state index contributed by atoms with van der Waals surface area (Å²) in [6.45, 7) is 0.600. The monoisotopic (exact) mass is 187 g/mol. The van der Waals surface area contributed by atoms with Crippen molar-refractivity contribution in [2.75, 3.05) is 0 Å². The Kier molecular flexibility index (Phi) is 2.60. The molecule has 0 aliphatic rings. The fourth-order valence-electron chi connectivity index (χ4n) is 1.39. The second-order valence-electron chi connectivity index (χ2n) is 3.26. The average Bonchev–Trinajstić information content (AvgIpc) is 2.72. The Labute approximate surface area is 83.0 Å². The number of rotatable bonds is 3. The van der Waals surface area contributed by atoms with Crippen molar-refractivity contribution < 1.29 is 0 Å². The Hall–Kier alpha value is -1.61. The molecule has 1 aromatic carbocycles. The Bertz CT molecular complexity index is 375. The molecule has 0 fully saturated rings. The van der Waals surface area contributed by atoms with E-state index in [0.29, 0.717) is 6.54 Å². The molecule has 0 aliphatic heterocycles. The molecule has 0 amide bonds. The van der Waals surface area contributed by atoms with E-state index in [9.17, 15) is 0 Å². The Balaban J connectivity index is 2.10. The molecule has 0 atom stereocenters. The number of H-pyrrole nitrogens is 1. The van der Waals surface area contributed by atoms with E-state index in [2.05, 4.69) is 34.2 Å². The molecule has 0 bridgehead atoms. The van der Waals surface area contributed by atoms with E-state index in [1.807, 2.05) is 6.20 Å². The van der Waals surface area contributed by atoms with Crippen molar-refractivity contribution >= 4 is 0 Å². The molecule has 0 saturated carbocycles. The summed E-state index contributed by atoms with van der Waals surface area (Å²) in [5, 5.41) is 0. The lowest BCUT2D eigenvalue weighted by Crippen LogP contribution is -1.96. The minimum Gasteiger partial charge on any atom is -0.351 e. The lowest BCUT2D eigenvalue weighted by atomic mass is 10.1. The Morgan fingerprint density at radius 3 is 2.43 bits per heavy atom. The smallest absolute Gasteiger partial charge is 0.0923 e. The molecule has 2 aromatic rings. The summed E-state index contributed by atoms with van der Waals surface area (Å²) in [6, 6.07) is 8.30. The Morgan fingerprint density at radius 2 is 1.86 bits per heavy atom. The van der Waals surface area contributed by atoms with Gasteiger partial charge in [0.2, 0.25) is 0 Å². The maximum absolute atomic E-state index is 5.52. The van der Waals surface area contributed by atoms with Crippen LogP contribution in [0.1, 0.15) is 16.8 Å². The molecular weight excluding hydrogens is 174 g/mol. The quantitative estimate of drug-likeness (QED) is 0.764. The van der Waals surface area contributed by atoms with Gasteiger partial charge in [0, 0.05) is 19.2 Å². The van der Waals surface area contributed by atoms with Gasteiger partial charge in [-0.25, -0.2) is 4.98 Å². The van der Waals surface area contributed by atoms with Gasteiger partial charge in [-0.05, 0) is 11.1 Å². The van der Waals surface area contributed by atoms with Crippen molar-refractivity contribution in [3.8, 4) is 0 Å². The first-order valence-electron chi connectivity index (χ1n) is 4.64. The number of benzene rings is 1. The van der Waals surface area contributed by atoms with Crippen LogP contribution in [-0.2, 0) is 13.0 Å². The Morgan fingerprint density at radius 1 is 1.14 bits per heavy atom. The van der Waals surface area contributed by atoms with Crippen molar-refractivity contribution in [1.29, 1.82) is 0 Å². The second-order valence-corrected chi connectivity index (χ2v) is 3.26.